The van der Waals surface area contributed by atoms with Crippen LogP contribution in [0.3, 0.4) is 0 Å². The number of nitro benzene ring substituents is 1. The average Bonchev–Trinajstić information content (AvgIpc) is 2.27. The molecule has 1 amide bonds. The average molecular weight is 234 g/mol. The first kappa shape index (κ1) is 12.9. The van der Waals surface area contributed by atoms with Crippen LogP contribution in [0.25, 0.3) is 0 Å². The lowest BCUT2D eigenvalue weighted by Gasteiger charge is -2.04. The summed E-state index contributed by atoms with van der Waals surface area (Å²) in [6.45, 7) is 5.57. The maximum absolute atomic E-state index is 11.4. The van der Waals surface area contributed by atoms with Gasteiger partial charge in [-0.1, -0.05) is 5.57 Å². The van der Waals surface area contributed by atoms with Crippen molar-refractivity contribution < 1.29 is 9.72 Å². The van der Waals surface area contributed by atoms with E-state index in [1.807, 2.05) is 6.92 Å². The molecule has 0 heterocycles. The fourth-order valence-electron chi connectivity index (χ4n) is 1.22. The molecule has 0 aliphatic carbocycles. The Morgan fingerprint density at radius 2 is 1.94 bits per heavy atom. The minimum absolute atomic E-state index is 0.00457. The fourth-order valence-corrected chi connectivity index (χ4v) is 1.22. The molecule has 17 heavy (non-hydrogen) atoms. The van der Waals surface area contributed by atoms with E-state index in [2.05, 4.69) is 11.9 Å². The second kappa shape index (κ2) is 5.79. The van der Waals surface area contributed by atoms with Crippen molar-refractivity contribution in [1.29, 1.82) is 0 Å². The number of hydrogen-bond donors (Lipinski definition) is 1. The quantitative estimate of drug-likeness (QED) is 0.483. The SMILES string of the molecule is C=C(C)CCC(=O)Nc1ccc([N+](=O)[O-])cc1. The monoisotopic (exact) mass is 234 g/mol. The zero-order valence-electron chi connectivity index (χ0n) is 9.60. The Morgan fingerprint density at radius 3 is 2.41 bits per heavy atom. The van der Waals surface area contributed by atoms with Crippen molar-refractivity contribution in [2.24, 2.45) is 0 Å². The number of amides is 1. The predicted octanol–water partition coefficient (Wildman–Crippen LogP) is 2.89. The van der Waals surface area contributed by atoms with Crippen LogP contribution >= 0.6 is 0 Å². The van der Waals surface area contributed by atoms with Gasteiger partial charge in [0.15, 0.2) is 0 Å². The van der Waals surface area contributed by atoms with Crippen molar-refractivity contribution in [3.8, 4) is 0 Å². The summed E-state index contributed by atoms with van der Waals surface area (Å²) in [4.78, 5) is 21.4. The third-order valence-electron chi connectivity index (χ3n) is 2.14. The minimum atomic E-state index is -0.479. The minimum Gasteiger partial charge on any atom is -0.326 e. The van der Waals surface area contributed by atoms with Gasteiger partial charge in [-0.2, -0.15) is 0 Å². The zero-order valence-corrected chi connectivity index (χ0v) is 9.60. The molecular formula is C12H14N2O3. The number of nitrogens with zero attached hydrogens (tertiary/aromatic N) is 1. The van der Waals surface area contributed by atoms with Gasteiger partial charge in [0, 0.05) is 24.2 Å². The summed E-state index contributed by atoms with van der Waals surface area (Å²) in [7, 11) is 0. The van der Waals surface area contributed by atoms with Gasteiger partial charge in [0.2, 0.25) is 5.91 Å². The van der Waals surface area contributed by atoms with Gasteiger partial charge in [-0.3, -0.25) is 14.9 Å². The molecule has 0 spiro atoms. The molecule has 1 rings (SSSR count). The maximum Gasteiger partial charge on any atom is 0.269 e. The number of rotatable bonds is 5. The van der Waals surface area contributed by atoms with Gasteiger partial charge < -0.3 is 5.32 Å². The molecule has 0 unspecified atom stereocenters. The van der Waals surface area contributed by atoms with Crippen molar-refractivity contribution >= 4 is 17.3 Å². The van der Waals surface area contributed by atoms with Crippen molar-refractivity contribution in [2.75, 3.05) is 5.32 Å². The highest BCUT2D eigenvalue weighted by molar-refractivity contribution is 5.90. The molecule has 5 heteroatoms. The lowest BCUT2D eigenvalue weighted by Crippen LogP contribution is -2.11. The number of hydrogen-bond acceptors (Lipinski definition) is 3. The lowest BCUT2D eigenvalue weighted by atomic mass is 10.2. The van der Waals surface area contributed by atoms with Gasteiger partial charge in [-0.15, -0.1) is 6.58 Å². The molecule has 0 radical (unpaired) electrons. The number of allylic oxidation sites excluding steroid dienone is 1. The fraction of sp³-hybridized carbons (Fsp3) is 0.250. The van der Waals surface area contributed by atoms with Crippen LogP contribution in [0.1, 0.15) is 19.8 Å². The van der Waals surface area contributed by atoms with E-state index in [0.717, 1.165) is 5.57 Å². The Labute approximate surface area is 99.3 Å². The molecule has 0 saturated carbocycles. The zero-order chi connectivity index (χ0) is 12.8. The first-order valence-corrected chi connectivity index (χ1v) is 5.17. The van der Waals surface area contributed by atoms with Gasteiger partial charge >= 0.3 is 0 Å². The first-order valence-electron chi connectivity index (χ1n) is 5.17. The second-order valence-corrected chi connectivity index (χ2v) is 3.81. The smallest absolute Gasteiger partial charge is 0.269 e. The number of carbonyl (C=O) groups is 1. The summed E-state index contributed by atoms with van der Waals surface area (Å²) in [5.41, 5.74) is 1.51. The third-order valence-corrected chi connectivity index (χ3v) is 2.14. The van der Waals surface area contributed by atoms with Crippen LogP contribution in [-0.2, 0) is 4.79 Å². The van der Waals surface area contributed by atoms with E-state index in [-0.39, 0.29) is 11.6 Å². The van der Waals surface area contributed by atoms with E-state index in [1.54, 1.807) is 0 Å². The van der Waals surface area contributed by atoms with Crippen LogP contribution in [0.2, 0.25) is 0 Å². The topological polar surface area (TPSA) is 72.2 Å². The number of anilines is 1. The van der Waals surface area contributed by atoms with Gasteiger partial charge in [0.05, 0.1) is 4.92 Å². The highest BCUT2D eigenvalue weighted by atomic mass is 16.6. The van der Waals surface area contributed by atoms with Crippen LogP contribution < -0.4 is 5.32 Å². The van der Waals surface area contributed by atoms with E-state index in [1.165, 1.54) is 24.3 Å². The Bertz CT molecular complexity index is 438. The van der Waals surface area contributed by atoms with E-state index in [0.29, 0.717) is 18.5 Å². The summed E-state index contributed by atoms with van der Waals surface area (Å²) >= 11 is 0. The van der Waals surface area contributed by atoms with Gasteiger partial charge in [-0.25, -0.2) is 0 Å². The van der Waals surface area contributed by atoms with Crippen LogP contribution in [0.15, 0.2) is 36.4 Å². The molecule has 1 aromatic carbocycles. The van der Waals surface area contributed by atoms with E-state index in [4.69, 9.17) is 0 Å². The van der Waals surface area contributed by atoms with Crippen LogP contribution in [-0.4, -0.2) is 10.8 Å². The van der Waals surface area contributed by atoms with Crippen LogP contribution in [0.5, 0.6) is 0 Å². The molecule has 0 saturated heterocycles. The lowest BCUT2D eigenvalue weighted by molar-refractivity contribution is -0.384. The Kier molecular flexibility index (Phi) is 4.39. The number of non-ortho nitro benzene ring substituents is 1. The van der Waals surface area contributed by atoms with Crippen LogP contribution in [0.4, 0.5) is 11.4 Å². The molecule has 1 aromatic rings. The van der Waals surface area contributed by atoms with Crippen molar-refractivity contribution in [3.05, 3.63) is 46.5 Å². The molecule has 0 fully saturated rings. The van der Waals surface area contributed by atoms with Crippen molar-refractivity contribution in [3.63, 3.8) is 0 Å². The van der Waals surface area contributed by atoms with Crippen LogP contribution in [0, 0.1) is 10.1 Å². The first-order chi connectivity index (χ1) is 7.99. The number of nitrogens with one attached hydrogen (secondary N) is 1. The van der Waals surface area contributed by atoms with Crippen molar-refractivity contribution in [2.45, 2.75) is 19.8 Å². The molecular weight excluding hydrogens is 220 g/mol. The second-order valence-electron chi connectivity index (χ2n) is 3.81. The standard InChI is InChI=1S/C12H14N2O3/c1-9(2)3-8-12(15)13-10-4-6-11(7-5-10)14(16)17/h4-7H,1,3,8H2,2H3,(H,13,15). The predicted molar refractivity (Wildman–Crippen MR) is 65.8 cm³/mol. The summed E-state index contributed by atoms with van der Waals surface area (Å²) in [6.07, 6.45) is 1.01. The molecule has 0 atom stereocenters. The summed E-state index contributed by atoms with van der Waals surface area (Å²) in [6, 6.07) is 5.73. The van der Waals surface area contributed by atoms with Gasteiger partial charge in [0.25, 0.3) is 5.69 Å². The number of nitro groups is 1. The normalized spacial score (nSPS) is 9.71. The molecule has 0 aromatic heterocycles. The van der Waals surface area contributed by atoms with E-state index in [9.17, 15) is 14.9 Å². The molecule has 1 N–H and O–H groups in total. The maximum atomic E-state index is 11.4. The van der Waals surface area contributed by atoms with E-state index < -0.39 is 4.92 Å². The number of carbonyl (C=O) groups excluding carboxylic acids is 1. The molecule has 5 nitrogen and oxygen atoms in total. The third kappa shape index (κ3) is 4.46. The van der Waals surface area contributed by atoms with Crippen molar-refractivity contribution in [1.82, 2.24) is 0 Å². The highest BCUT2D eigenvalue weighted by Crippen LogP contribution is 2.15. The molecule has 90 valence electrons. The summed E-state index contributed by atoms with van der Waals surface area (Å²) < 4.78 is 0. The summed E-state index contributed by atoms with van der Waals surface area (Å²) in [5, 5.41) is 13.1. The number of benzene rings is 1. The Morgan fingerprint density at radius 1 is 1.35 bits per heavy atom. The van der Waals surface area contributed by atoms with Gasteiger partial charge in [0.1, 0.15) is 0 Å². The molecule has 0 bridgehead atoms. The Balaban J connectivity index is 2.54. The molecule has 0 aliphatic heterocycles. The van der Waals surface area contributed by atoms with E-state index >= 15 is 0 Å². The highest BCUT2D eigenvalue weighted by Gasteiger charge is 2.06. The molecule has 0 aliphatic rings. The van der Waals surface area contributed by atoms with Gasteiger partial charge in [-0.05, 0) is 25.5 Å². The summed E-state index contributed by atoms with van der Waals surface area (Å²) in [5.74, 6) is -0.123. The largest absolute Gasteiger partial charge is 0.326 e. The Hall–Kier alpha value is -2.17.